The van der Waals surface area contributed by atoms with E-state index in [-0.39, 0.29) is 37.3 Å². The van der Waals surface area contributed by atoms with E-state index < -0.39 is 28.9 Å². The summed E-state index contributed by atoms with van der Waals surface area (Å²) >= 11 is 0. The average Bonchev–Trinajstić information content (AvgIpc) is 3.03. The van der Waals surface area contributed by atoms with Gasteiger partial charge < -0.3 is 19.7 Å². The number of piperidine rings is 1. The lowest BCUT2D eigenvalue weighted by Crippen LogP contribution is -2.49. The summed E-state index contributed by atoms with van der Waals surface area (Å²) in [4.78, 5) is 42.4. The van der Waals surface area contributed by atoms with E-state index >= 15 is 0 Å². The number of likely N-dealkylation sites (tertiary alicyclic amines) is 1. The highest BCUT2D eigenvalue weighted by molar-refractivity contribution is 5.96. The number of hydrogen-bond acceptors (Lipinski definition) is 5. The molecule has 0 bridgehead atoms. The predicted octanol–water partition coefficient (Wildman–Crippen LogP) is 5.30. The van der Waals surface area contributed by atoms with Gasteiger partial charge in [-0.25, -0.2) is 8.78 Å². The summed E-state index contributed by atoms with van der Waals surface area (Å²) in [6, 6.07) is 17.3. The van der Waals surface area contributed by atoms with Crippen LogP contribution in [0.4, 0.5) is 8.78 Å². The quantitative estimate of drug-likeness (QED) is 0.335. The Kier molecular flexibility index (Phi) is 9.74. The molecule has 232 valence electrons. The van der Waals surface area contributed by atoms with Crippen molar-refractivity contribution in [2.45, 2.75) is 56.4 Å². The molecule has 0 aromatic heterocycles. The molecule has 1 heterocycles. The fourth-order valence-electron chi connectivity index (χ4n) is 6.66. The van der Waals surface area contributed by atoms with Crippen LogP contribution in [0.25, 0.3) is 0 Å². The topological polar surface area (TPSA) is 84.9 Å². The number of benzene rings is 3. The Hall–Kier alpha value is -4.11. The first kappa shape index (κ1) is 31.3. The molecule has 44 heavy (non-hydrogen) atoms. The molecule has 1 N–H and O–H groups in total. The molecule has 1 saturated heterocycles. The van der Waals surface area contributed by atoms with Gasteiger partial charge in [-0.05, 0) is 91.6 Å². The Balaban J connectivity index is 1.34. The summed E-state index contributed by atoms with van der Waals surface area (Å²) in [7, 11) is 1.63. The zero-order valence-electron chi connectivity index (χ0n) is 25.1. The maximum absolute atomic E-state index is 14.7. The van der Waals surface area contributed by atoms with Crippen LogP contribution in [0.5, 0.6) is 0 Å². The number of rotatable bonds is 9. The average molecular weight is 605 g/mol. The SMILES string of the molecule is CCOC(=O)[C@@]1(c2cccc(F)c2)CCC(C(=O)N2CCC(NC(=O)c3ccccc3CCOC)CC2)c2cc(F)ccc21. The molecule has 5 rings (SSSR count). The normalized spacial score (nSPS) is 20.1. The van der Waals surface area contributed by atoms with Crippen molar-refractivity contribution in [2.24, 2.45) is 0 Å². The van der Waals surface area contributed by atoms with Gasteiger partial charge in [0.2, 0.25) is 5.91 Å². The van der Waals surface area contributed by atoms with Gasteiger partial charge in [-0.2, -0.15) is 0 Å². The van der Waals surface area contributed by atoms with Crippen LogP contribution in [-0.4, -0.2) is 62.1 Å². The molecule has 9 heteroatoms. The van der Waals surface area contributed by atoms with Crippen molar-refractivity contribution in [3.8, 4) is 0 Å². The Labute approximate surface area is 256 Å². The van der Waals surface area contributed by atoms with Crippen molar-refractivity contribution in [3.05, 3.63) is 106 Å². The second kappa shape index (κ2) is 13.7. The van der Waals surface area contributed by atoms with Crippen LogP contribution >= 0.6 is 0 Å². The lowest BCUT2D eigenvalue weighted by Gasteiger charge is -2.42. The number of nitrogens with zero attached hydrogens (tertiary/aromatic N) is 1. The van der Waals surface area contributed by atoms with E-state index in [4.69, 9.17) is 9.47 Å². The van der Waals surface area contributed by atoms with Crippen LogP contribution in [0.1, 0.15) is 71.1 Å². The van der Waals surface area contributed by atoms with Crippen molar-refractivity contribution in [1.82, 2.24) is 10.2 Å². The number of amides is 2. The van der Waals surface area contributed by atoms with E-state index in [1.54, 1.807) is 31.1 Å². The van der Waals surface area contributed by atoms with Gasteiger partial charge in [0.15, 0.2) is 0 Å². The van der Waals surface area contributed by atoms with Gasteiger partial charge in [-0.15, -0.1) is 0 Å². The number of nitrogens with one attached hydrogen (secondary N) is 1. The van der Waals surface area contributed by atoms with Crippen LogP contribution < -0.4 is 5.32 Å². The van der Waals surface area contributed by atoms with Crippen LogP contribution in [0.2, 0.25) is 0 Å². The first-order chi connectivity index (χ1) is 21.3. The van der Waals surface area contributed by atoms with Gasteiger partial charge in [0.1, 0.15) is 17.0 Å². The van der Waals surface area contributed by atoms with E-state index in [0.717, 1.165) is 5.56 Å². The van der Waals surface area contributed by atoms with E-state index in [0.29, 0.717) is 61.2 Å². The summed E-state index contributed by atoms with van der Waals surface area (Å²) in [6.45, 7) is 3.21. The van der Waals surface area contributed by atoms with Gasteiger partial charge in [-0.3, -0.25) is 14.4 Å². The van der Waals surface area contributed by atoms with Crippen molar-refractivity contribution in [1.29, 1.82) is 0 Å². The number of carbonyl (C=O) groups excluding carboxylic acids is 3. The first-order valence-corrected chi connectivity index (χ1v) is 15.2. The number of methoxy groups -OCH3 is 1. The largest absolute Gasteiger partial charge is 0.465 e. The fraction of sp³-hybridized carbons (Fsp3) is 0.400. The molecular formula is C35H38F2N2O5. The molecule has 1 aliphatic carbocycles. The highest BCUT2D eigenvalue weighted by atomic mass is 19.1. The molecule has 0 spiro atoms. The second-order valence-electron chi connectivity index (χ2n) is 11.4. The van der Waals surface area contributed by atoms with E-state index in [1.165, 1.54) is 36.4 Å². The third-order valence-corrected chi connectivity index (χ3v) is 8.88. The van der Waals surface area contributed by atoms with E-state index in [2.05, 4.69) is 5.32 Å². The molecule has 1 fully saturated rings. The third kappa shape index (κ3) is 6.24. The van der Waals surface area contributed by atoms with Gasteiger partial charge in [0.05, 0.1) is 19.1 Å². The smallest absolute Gasteiger partial charge is 0.321 e. The van der Waals surface area contributed by atoms with Gasteiger partial charge >= 0.3 is 5.97 Å². The van der Waals surface area contributed by atoms with E-state index in [1.807, 2.05) is 18.2 Å². The van der Waals surface area contributed by atoms with Crippen molar-refractivity contribution < 1.29 is 32.6 Å². The molecule has 0 radical (unpaired) electrons. The van der Waals surface area contributed by atoms with Crippen molar-refractivity contribution >= 4 is 17.8 Å². The monoisotopic (exact) mass is 604 g/mol. The molecule has 2 aliphatic rings. The first-order valence-electron chi connectivity index (χ1n) is 15.2. The highest BCUT2D eigenvalue weighted by Crippen LogP contribution is 2.49. The highest BCUT2D eigenvalue weighted by Gasteiger charge is 2.50. The summed E-state index contributed by atoms with van der Waals surface area (Å²) < 4.78 is 39.8. The Morgan fingerprint density at radius 3 is 2.43 bits per heavy atom. The number of hydrogen-bond donors (Lipinski definition) is 1. The lowest BCUT2D eigenvalue weighted by atomic mass is 9.63. The summed E-state index contributed by atoms with van der Waals surface area (Å²) in [5, 5.41) is 3.12. The van der Waals surface area contributed by atoms with Crippen LogP contribution in [0.3, 0.4) is 0 Å². The van der Waals surface area contributed by atoms with Gasteiger partial charge in [-0.1, -0.05) is 36.4 Å². The Morgan fingerprint density at radius 1 is 0.955 bits per heavy atom. The number of ether oxygens (including phenoxy) is 2. The number of fused-ring (bicyclic) bond motifs is 1. The maximum atomic E-state index is 14.7. The fourth-order valence-corrected chi connectivity index (χ4v) is 6.66. The minimum Gasteiger partial charge on any atom is -0.465 e. The molecule has 2 atom stereocenters. The molecule has 1 unspecified atom stereocenters. The Morgan fingerprint density at radius 2 is 1.70 bits per heavy atom. The lowest BCUT2D eigenvalue weighted by molar-refractivity contribution is -0.149. The minimum atomic E-state index is -1.37. The van der Waals surface area contributed by atoms with E-state index in [9.17, 15) is 23.2 Å². The summed E-state index contributed by atoms with van der Waals surface area (Å²) in [5.74, 6) is -2.54. The molecule has 3 aromatic rings. The number of halogens is 2. The van der Waals surface area contributed by atoms with Crippen LogP contribution in [0, 0.1) is 11.6 Å². The number of esters is 1. The third-order valence-electron chi connectivity index (χ3n) is 8.88. The number of carbonyl (C=O) groups is 3. The standard InChI is InChI=1S/C35H38F2N2O5/c1-3-44-34(42)35(24-8-6-9-25(36)21-24)17-13-29(30-22-26(37)11-12-31(30)35)33(41)39-18-14-27(15-19-39)38-32(40)28-10-5-4-7-23(28)16-20-43-2/h4-12,21-22,27,29H,3,13-20H2,1-2H3,(H,38,40)/t29?,35-/m1/s1. The van der Waals surface area contributed by atoms with Crippen molar-refractivity contribution in [3.63, 3.8) is 0 Å². The zero-order valence-corrected chi connectivity index (χ0v) is 25.1. The zero-order chi connectivity index (χ0) is 31.3. The Bertz CT molecular complexity index is 1520. The molecule has 2 amide bonds. The van der Waals surface area contributed by atoms with Gasteiger partial charge in [0, 0.05) is 31.8 Å². The molecule has 7 nitrogen and oxygen atoms in total. The summed E-state index contributed by atoms with van der Waals surface area (Å²) in [6.07, 6.45) is 2.26. The molecule has 1 aliphatic heterocycles. The second-order valence-corrected chi connectivity index (χ2v) is 11.4. The predicted molar refractivity (Wildman–Crippen MR) is 161 cm³/mol. The van der Waals surface area contributed by atoms with Gasteiger partial charge in [0.25, 0.3) is 5.91 Å². The van der Waals surface area contributed by atoms with Crippen LogP contribution in [-0.2, 0) is 30.9 Å². The molecule has 3 aromatic carbocycles. The van der Waals surface area contributed by atoms with Crippen LogP contribution in [0.15, 0.2) is 66.7 Å². The maximum Gasteiger partial charge on any atom is 0.321 e. The molecular weight excluding hydrogens is 566 g/mol. The minimum absolute atomic E-state index is 0.0949. The van der Waals surface area contributed by atoms with Crippen molar-refractivity contribution in [2.75, 3.05) is 33.4 Å². The summed E-state index contributed by atoms with van der Waals surface area (Å²) in [5.41, 5.74) is 1.46. The molecule has 0 saturated carbocycles.